The summed E-state index contributed by atoms with van der Waals surface area (Å²) in [5.41, 5.74) is 1.19. The topological polar surface area (TPSA) is 28.2 Å². The largest absolute Gasteiger partial charge is 0.348 e. The van der Waals surface area contributed by atoms with Gasteiger partial charge >= 0.3 is 0 Å². The Labute approximate surface area is 121 Å². The third-order valence-corrected chi connectivity index (χ3v) is 5.53. The molecule has 0 radical (unpaired) electrons. The number of rotatable bonds is 5. The Kier molecular flexibility index (Phi) is 5.22. The second kappa shape index (κ2) is 6.71. The summed E-state index contributed by atoms with van der Waals surface area (Å²) in [4.78, 5) is 8.59. The van der Waals surface area contributed by atoms with E-state index in [2.05, 4.69) is 38.0 Å². The lowest BCUT2D eigenvalue weighted by Crippen LogP contribution is -2.38. The van der Waals surface area contributed by atoms with Crippen LogP contribution in [0.4, 0.5) is 5.13 Å². The molecule has 4 heteroatoms. The summed E-state index contributed by atoms with van der Waals surface area (Å²) in [6, 6.07) is 0.672. The second-order valence-corrected chi connectivity index (χ2v) is 6.79. The van der Waals surface area contributed by atoms with Crippen LogP contribution in [-0.2, 0) is 6.54 Å². The van der Waals surface area contributed by atoms with Gasteiger partial charge in [-0.15, -0.1) is 11.3 Å². The third-order valence-electron chi connectivity index (χ3n) is 4.28. The number of hydrogen-bond acceptors (Lipinski definition) is 4. The van der Waals surface area contributed by atoms with Gasteiger partial charge in [-0.2, -0.15) is 0 Å². The lowest BCUT2D eigenvalue weighted by Gasteiger charge is -2.36. The van der Waals surface area contributed by atoms with E-state index in [1.807, 2.05) is 11.3 Å². The van der Waals surface area contributed by atoms with Gasteiger partial charge in [0.15, 0.2) is 5.13 Å². The maximum absolute atomic E-state index is 4.78. The van der Waals surface area contributed by atoms with Crippen molar-refractivity contribution in [1.29, 1.82) is 0 Å². The number of nitrogens with zero attached hydrogens (tertiary/aromatic N) is 2. The van der Waals surface area contributed by atoms with Gasteiger partial charge in [0.2, 0.25) is 0 Å². The Bertz CT molecular complexity index is 402. The first kappa shape index (κ1) is 14.8. The van der Waals surface area contributed by atoms with Gasteiger partial charge < -0.3 is 10.2 Å². The molecule has 2 atom stereocenters. The van der Waals surface area contributed by atoms with Crippen LogP contribution in [0.5, 0.6) is 0 Å². The van der Waals surface area contributed by atoms with Crippen LogP contribution in [-0.4, -0.2) is 24.6 Å². The number of hydrogen-bond donors (Lipinski definition) is 1. The summed E-state index contributed by atoms with van der Waals surface area (Å²) in [6.45, 7) is 8.63. The fraction of sp³-hybridized carbons (Fsp3) is 0.800. The van der Waals surface area contributed by atoms with Crippen molar-refractivity contribution < 1.29 is 0 Å². The molecule has 3 nitrogen and oxygen atoms in total. The molecule has 19 heavy (non-hydrogen) atoms. The zero-order valence-corrected chi connectivity index (χ0v) is 13.5. The van der Waals surface area contributed by atoms with Crippen molar-refractivity contribution >= 4 is 16.5 Å². The van der Waals surface area contributed by atoms with E-state index >= 15 is 0 Å². The van der Waals surface area contributed by atoms with Crippen molar-refractivity contribution in [1.82, 2.24) is 10.3 Å². The molecule has 1 heterocycles. The molecule has 0 amide bonds. The summed E-state index contributed by atoms with van der Waals surface area (Å²) in [5, 5.41) is 4.60. The minimum Gasteiger partial charge on any atom is -0.348 e. The zero-order valence-electron chi connectivity index (χ0n) is 12.7. The van der Waals surface area contributed by atoms with E-state index in [9.17, 15) is 0 Å². The maximum atomic E-state index is 4.78. The first-order chi connectivity index (χ1) is 9.13. The van der Waals surface area contributed by atoms with Crippen LogP contribution in [0.1, 0.15) is 50.1 Å². The highest BCUT2D eigenvalue weighted by Crippen LogP contribution is 2.33. The third kappa shape index (κ3) is 3.48. The molecular formula is C15H27N3S. The van der Waals surface area contributed by atoms with Gasteiger partial charge in [0.05, 0.1) is 5.69 Å². The smallest absolute Gasteiger partial charge is 0.185 e. The number of aryl methyl sites for hydroxylation is 1. The Morgan fingerprint density at radius 3 is 2.79 bits per heavy atom. The standard InChI is InChI=1S/C15H27N3S/c1-5-16-10-14-12(3)17-15(19-14)18(4)13-9-7-6-8-11(13)2/h11,13,16H,5-10H2,1-4H3. The zero-order chi connectivity index (χ0) is 13.8. The normalized spacial score (nSPS) is 23.6. The highest BCUT2D eigenvalue weighted by molar-refractivity contribution is 7.15. The van der Waals surface area contributed by atoms with Crippen molar-refractivity contribution in [2.24, 2.45) is 5.92 Å². The molecular weight excluding hydrogens is 254 g/mol. The monoisotopic (exact) mass is 281 g/mol. The van der Waals surface area contributed by atoms with Crippen LogP contribution >= 0.6 is 11.3 Å². The fourth-order valence-electron chi connectivity index (χ4n) is 2.98. The van der Waals surface area contributed by atoms with Gasteiger partial charge in [-0.25, -0.2) is 4.98 Å². The highest BCUT2D eigenvalue weighted by atomic mass is 32.1. The van der Waals surface area contributed by atoms with Crippen molar-refractivity contribution in [2.75, 3.05) is 18.5 Å². The van der Waals surface area contributed by atoms with E-state index in [0.29, 0.717) is 6.04 Å². The molecule has 1 aromatic heterocycles. The van der Waals surface area contributed by atoms with Crippen LogP contribution in [0.2, 0.25) is 0 Å². The van der Waals surface area contributed by atoms with Gasteiger partial charge in [0.25, 0.3) is 0 Å². The Morgan fingerprint density at radius 1 is 1.37 bits per heavy atom. The van der Waals surface area contributed by atoms with E-state index in [1.54, 1.807) is 0 Å². The van der Waals surface area contributed by atoms with Crippen molar-refractivity contribution in [3.63, 3.8) is 0 Å². The SMILES string of the molecule is CCNCc1sc(N(C)C2CCCCC2C)nc1C. The molecule has 0 aliphatic heterocycles. The molecule has 1 N–H and O–H groups in total. The molecule has 0 bridgehead atoms. The highest BCUT2D eigenvalue weighted by Gasteiger charge is 2.26. The number of thiazole rings is 1. The summed E-state index contributed by atoms with van der Waals surface area (Å²) >= 11 is 1.86. The Morgan fingerprint density at radius 2 is 2.11 bits per heavy atom. The van der Waals surface area contributed by atoms with Gasteiger partial charge in [0.1, 0.15) is 0 Å². The predicted molar refractivity (Wildman–Crippen MR) is 84.1 cm³/mol. The molecule has 1 saturated carbocycles. The minimum absolute atomic E-state index is 0.672. The van der Waals surface area contributed by atoms with Gasteiger partial charge in [-0.05, 0) is 32.2 Å². The lowest BCUT2D eigenvalue weighted by molar-refractivity contribution is 0.321. The van der Waals surface area contributed by atoms with E-state index in [1.165, 1.54) is 41.4 Å². The maximum Gasteiger partial charge on any atom is 0.185 e. The predicted octanol–water partition coefficient (Wildman–Crippen LogP) is 3.58. The van der Waals surface area contributed by atoms with Crippen LogP contribution in [0.3, 0.4) is 0 Å². The number of nitrogens with one attached hydrogen (secondary N) is 1. The molecule has 2 unspecified atom stereocenters. The molecule has 0 spiro atoms. The fourth-order valence-corrected chi connectivity index (χ4v) is 4.03. The number of anilines is 1. The van der Waals surface area contributed by atoms with Gasteiger partial charge in [0, 0.05) is 24.5 Å². The second-order valence-electron chi connectivity index (χ2n) is 5.73. The first-order valence-electron chi connectivity index (χ1n) is 7.53. The summed E-state index contributed by atoms with van der Waals surface area (Å²) in [5.74, 6) is 0.792. The number of aromatic nitrogens is 1. The van der Waals surface area contributed by atoms with Crippen molar-refractivity contribution in [3.05, 3.63) is 10.6 Å². The molecule has 1 fully saturated rings. The molecule has 108 valence electrons. The average molecular weight is 281 g/mol. The first-order valence-corrected chi connectivity index (χ1v) is 8.35. The summed E-state index contributed by atoms with van der Waals surface area (Å²) in [7, 11) is 2.22. The Balaban J connectivity index is 2.07. The molecule has 1 aromatic rings. The van der Waals surface area contributed by atoms with E-state index in [-0.39, 0.29) is 0 Å². The summed E-state index contributed by atoms with van der Waals surface area (Å²) in [6.07, 6.45) is 5.45. The van der Waals surface area contributed by atoms with Crippen molar-refractivity contribution in [2.45, 2.75) is 59.0 Å². The minimum atomic E-state index is 0.672. The molecule has 0 aromatic carbocycles. The Hall–Kier alpha value is -0.610. The molecule has 1 aliphatic carbocycles. The lowest BCUT2D eigenvalue weighted by atomic mass is 9.85. The van der Waals surface area contributed by atoms with Crippen LogP contribution in [0.15, 0.2) is 0 Å². The quantitative estimate of drug-likeness (QED) is 0.894. The average Bonchev–Trinajstić information content (AvgIpc) is 2.77. The van der Waals surface area contributed by atoms with E-state index < -0.39 is 0 Å². The van der Waals surface area contributed by atoms with Crippen LogP contribution < -0.4 is 10.2 Å². The molecule has 0 saturated heterocycles. The van der Waals surface area contributed by atoms with Gasteiger partial charge in [-0.1, -0.05) is 26.7 Å². The molecule has 2 rings (SSSR count). The van der Waals surface area contributed by atoms with Gasteiger partial charge in [-0.3, -0.25) is 0 Å². The van der Waals surface area contributed by atoms with Crippen LogP contribution in [0, 0.1) is 12.8 Å². The van der Waals surface area contributed by atoms with E-state index in [0.717, 1.165) is 19.0 Å². The summed E-state index contributed by atoms with van der Waals surface area (Å²) < 4.78 is 0. The molecule has 1 aliphatic rings. The van der Waals surface area contributed by atoms with E-state index in [4.69, 9.17) is 4.98 Å². The van der Waals surface area contributed by atoms with Crippen molar-refractivity contribution in [3.8, 4) is 0 Å². The van der Waals surface area contributed by atoms with Crippen LogP contribution in [0.25, 0.3) is 0 Å².